The summed E-state index contributed by atoms with van der Waals surface area (Å²) in [6, 6.07) is 6.63. The maximum Gasteiger partial charge on any atom is 0.244 e. The highest BCUT2D eigenvalue weighted by Crippen LogP contribution is 2.22. The molecule has 2 rings (SSSR count). The van der Waals surface area contributed by atoms with Crippen LogP contribution < -0.4 is 0 Å². The predicted molar refractivity (Wildman–Crippen MR) is 90.4 cm³/mol. The fraction of sp³-hybridized carbons (Fsp3) is 0.500. The maximum atomic E-state index is 12.6. The summed E-state index contributed by atoms with van der Waals surface area (Å²) < 4.78 is 26.4. The number of aldehydes is 1. The van der Waals surface area contributed by atoms with Crippen LogP contribution in [0.3, 0.4) is 0 Å². The second-order valence-electron chi connectivity index (χ2n) is 5.93. The number of carbonyl (C=O) groups excluding carboxylic acids is 1. The highest BCUT2D eigenvalue weighted by molar-refractivity contribution is 7.89. The highest BCUT2D eigenvalue weighted by Gasteiger charge is 2.23. The standard InChI is InChI=1S/C18H23NO3S/c1-16-9-11-18(12-10-16)23(21,22)19(14-15-20)13-5-8-17-6-3-2-4-7-17/h9-12,15,17H,2-4,6-7,13-14H2,1H3. The normalized spacial score (nSPS) is 15.9. The van der Waals surface area contributed by atoms with E-state index in [0.717, 1.165) is 22.7 Å². The molecule has 23 heavy (non-hydrogen) atoms. The summed E-state index contributed by atoms with van der Waals surface area (Å²) in [7, 11) is -3.68. The van der Waals surface area contributed by atoms with Gasteiger partial charge in [-0.25, -0.2) is 8.42 Å². The molecule has 0 heterocycles. The number of nitrogens with zero attached hydrogens (tertiary/aromatic N) is 1. The van der Waals surface area contributed by atoms with Crippen molar-refractivity contribution in [2.24, 2.45) is 5.92 Å². The summed E-state index contributed by atoms with van der Waals surface area (Å²) in [6.07, 6.45) is 6.43. The fourth-order valence-corrected chi connectivity index (χ4v) is 3.98. The largest absolute Gasteiger partial charge is 0.302 e. The first kappa shape index (κ1) is 17.7. The van der Waals surface area contributed by atoms with E-state index in [0.29, 0.717) is 12.2 Å². The highest BCUT2D eigenvalue weighted by atomic mass is 32.2. The summed E-state index contributed by atoms with van der Waals surface area (Å²) in [5.74, 6) is 6.50. The number of aryl methyl sites for hydroxylation is 1. The van der Waals surface area contributed by atoms with E-state index < -0.39 is 10.0 Å². The third-order valence-corrected chi connectivity index (χ3v) is 5.93. The van der Waals surface area contributed by atoms with Crippen LogP contribution in [0.5, 0.6) is 0 Å². The zero-order valence-corrected chi connectivity index (χ0v) is 14.3. The zero-order valence-electron chi connectivity index (χ0n) is 13.5. The SMILES string of the molecule is Cc1ccc(S(=O)(=O)N(CC#CC2CCCCC2)CC=O)cc1. The summed E-state index contributed by atoms with van der Waals surface area (Å²) in [5, 5.41) is 0. The van der Waals surface area contributed by atoms with Gasteiger partial charge in [0.1, 0.15) is 6.29 Å². The molecule has 0 amide bonds. The van der Waals surface area contributed by atoms with Crippen LogP contribution in [0.25, 0.3) is 0 Å². The van der Waals surface area contributed by atoms with Crippen LogP contribution in [0.15, 0.2) is 29.2 Å². The quantitative estimate of drug-likeness (QED) is 0.615. The number of carbonyl (C=O) groups is 1. The molecule has 0 radical (unpaired) electrons. The second-order valence-corrected chi connectivity index (χ2v) is 7.87. The van der Waals surface area contributed by atoms with Gasteiger partial charge in [0.25, 0.3) is 0 Å². The Bertz CT molecular complexity index is 677. The van der Waals surface area contributed by atoms with E-state index in [2.05, 4.69) is 11.8 Å². The molecule has 1 aliphatic carbocycles. The molecule has 1 aromatic rings. The minimum Gasteiger partial charge on any atom is -0.302 e. The summed E-state index contributed by atoms with van der Waals surface area (Å²) >= 11 is 0. The molecule has 0 aromatic heterocycles. The van der Waals surface area contributed by atoms with Crippen molar-refractivity contribution in [3.63, 3.8) is 0 Å². The van der Waals surface area contributed by atoms with Gasteiger partial charge in [-0.3, -0.25) is 0 Å². The lowest BCUT2D eigenvalue weighted by Crippen LogP contribution is -2.33. The molecule has 1 aromatic carbocycles. The van der Waals surface area contributed by atoms with Gasteiger partial charge >= 0.3 is 0 Å². The first-order valence-electron chi connectivity index (χ1n) is 8.03. The van der Waals surface area contributed by atoms with Crippen molar-refractivity contribution < 1.29 is 13.2 Å². The van der Waals surface area contributed by atoms with E-state index >= 15 is 0 Å². The molecular weight excluding hydrogens is 310 g/mol. The van der Waals surface area contributed by atoms with Crippen molar-refractivity contribution in [2.45, 2.75) is 43.9 Å². The third kappa shape index (κ3) is 4.92. The summed E-state index contributed by atoms with van der Waals surface area (Å²) in [6.45, 7) is 1.79. The Balaban J connectivity index is 2.11. The van der Waals surface area contributed by atoms with Crippen LogP contribution in [0, 0.1) is 24.7 Å². The van der Waals surface area contributed by atoms with Crippen LogP contribution in [0.2, 0.25) is 0 Å². The van der Waals surface area contributed by atoms with Gasteiger partial charge in [-0.1, -0.05) is 48.8 Å². The lowest BCUT2D eigenvalue weighted by atomic mass is 9.90. The molecular formula is C18H23NO3S. The molecule has 4 nitrogen and oxygen atoms in total. The molecule has 0 aliphatic heterocycles. The van der Waals surface area contributed by atoms with Gasteiger partial charge < -0.3 is 4.79 Å². The van der Waals surface area contributed by atoms with Crippen LogP contribution in [-0.4, -0.2) is 32.1 Å². The van der Waals surface area contributed by atoms with Gasteiger partial charge in [0, 0.05) is 5.92 Å². The van der Waals surface area contributed by atoms with Gasteiger partial charge in [-0.2, -0.15) is 4.31 Å². The van der Waals surface area contributed by atoms with Crippen LogP contribution in [0.4, 0.5) is 0 Å². The minimum absolute atomic E-state index is 0.0610. The summed E-state index contributed by atoms with van der Waals surface area (Å²) in [5.41, 5.74) is 0.989. The Morgan fingerprint density at radius 1 is 1.17 bits per heavy atom. The molecule has 1 fully saturated rings. The van der Waals surface area contributed by atoms with E-state index in [1.54, 1.807) is 24.3 Å². The fourth-order valence-electron chi connectivity index (χ4n) is 2.72. The minimum atomic E-state index is -3.68. The maximum absolute atomic E-state index is 12.6. The molecule has 1 saturated carbocycles. The van der Waals surface area contributed by atoms with E-state index in [1.165, 1.54) is 19.3 Å². The van der Waals surface area contributed by atoms with Crippen LogP contribution >= 0.6 is 0 Å². The van der Waals surface area contributed by atoms with Crippen molar-refractivity contribution in [3.8, 4) is 11.8 Å². The summed E-state index contributed by atoms with van der Waals surface area (Å²) in [4.78, 5) is 11.1. The molecule has 0 saturated heterocycles. The first-order chi connectivity index (χ1) is 11.0. The molecule has 1 aliphatic rings. The van der Waals surface area contributed by atoms with E-state index in [-0.39, 0.29) is 18.0 Å². The van der Waals surface area contributed by atoms with E-state index in [4.69, 9.17) is 0 Å². The Hall–Kier alpha value is -1.64. The van der Waals surface area contributed by atoms with Gasteiger partial charge in [-0.05, 0) is 31.9 Å². The molecule has 0 N–H and O–H groups in total. The average molecular weight is 333 g/mol. The lowest BCUT2D eigenvalue weighted by Gasteiger charge is -2.18. The third-order valence-electron chi connectivity index (χ3n) is 4.10. The molecule has 124 valence electrons. The van der Waals surface area contributed by atoms with Crippen molar-refractivity contribution >= 4 is 16.3 Å². The number of hydrogen-bond donors (Lipinski definition) is 0. The van der Waals surface area contributed by atoms with E-state index in [9.17, 15) is 13.2 Å². The number of benzene rings is 1. The van der Waals surface area contributed by atoms with Crippen LogP contribution in [-0.2, 0) is 14.8 Å². The van der Waals surface area contributed by atoms with Crippen molar-refractivity contribution in [2.75, 3.05) is 13.1 Å². The Labute approximate surface area is 138 Å². The smallest absolute Gasteiger partial charge is 0.244 e. The molecule has 0 spiro atoms. The lowest BCUT2D eigenvalue weighted by molar-refractivity contribution is -0.108. The van der Waals surface area contributed by atoms with Crippen molar-refractivity contribution in [3.05, 3.63) is 29.8 Å². The van der Waals surface area contributed by atoms with Crippen molar-refractivity contribution in [1.29, 1.82) is 0 Å². The van der Waals surface area contributed by atoms with Gasteiger partial charge in [0.05, 0.1) is 18.0 Å². The zero-order chi connectivity index (χ0) is 16.7. The van der Waals surface area contributed by atoms with Crippen LogP contribution in [0.1, 0.15) is 37.7 Å². The van der Waals surface area contributed by atoms with E-state index in [1.807, 2.05) is 6.92 Å². The van der Waals surface area contributed by atoms with Gasteiger partial charge in [-0.15, -0.1) is 0 Å². The number of rotatable bonds is 5. The number of sulfonamides is 1. The molecule has 5 heteroatoms. The van der Waals surface area contributed by atoms with Gasteiger partial charge in [0.2, 0.25) is 10.0 Å². The average Bonchev–Trinajstić information content (AvgIpc) is 2.55. The van der Waals surface area contributed by atoms with Crippen molar-refractivity contribution in [1.82, 2.24) is 4.31 Å². The molecule has 0 unspecified atom stereocenters. The second kappa shape index (κ2) is 8.28. The predicted octanol–water partition coefficient (Wildman–Crippen LogP) is 2.77. The molecule has 0 bridgehead atoms. The molecule has 0 atom stereocenters. The van der Waals surface area contributed by atoms with Gasteiger partial charge in [0.15, 0.2) is 0 Å². The first-order valence-corrected chi connectivity index (χ1v) is 9.47. The Kier molecular flexibility index (Phi) is 6.37. The topological polar surface area (TPSA) is 54.5 Å². The Morgan fingerprint density at radius 2 is 1.83 bits per heavy atom. The Morgan fingerprint density at radius 3 is 2.43 bits per heavy atom. The monoisotopic (exact) mass is 333 g/mol. The number of hydrogen-bond acceptors (Lipinski definition) is 3.